The molecule has 0 bridgehead atoms. The van der Waals surface area contributed by atoms with E-state index in [2.05, 4.69) is 0 Å². The molecule has 0 radical (unpaired) electrons. The average molecular weight is 350 g/mol. The summed E-state index contributed by atoms with van der Waals surface area (Å²) in [6.07, 6.45) is 0. The number of benzene rings is 1. The van der Waals surface area contributed by atoms with E-state index in [0.29, 0.717) is 6.07 Å². The maximum atomic E-state index is 13.5. The van der Waals surface area contributed by atoms with Gasteiger partial charge >= 0.3 is 0 Å². The highest BCUT2D eigenvalue weighted by Crippen LogP contribution is 2.26. The molecular formula is C9H11ClF3N3O4S. The van der Waals surface area contributed by atoms with Crippen molar-refractivity contribution in [2.75, 3.05) is 13.1 Å². The van der Waals surface area contributed by atoms with Crippen molar-refractivity contribution in [2.45, 2.75) is 10.8 Å². The second-order valence-electron chi connectivity index (χ2n) is 3.73. The highest BCUT2D eigenvalue weighted by molar-refractivity contribution is 7.89. The molecule has 3 N–H and O–H groups in total. The zero-order valence-electron chi connectivity index (χ0n) is 10.3. The Bertz CT molecular complexity index is 627. The van der Waals surface area contributed by atoms with Gasteiger partial charge in [0.25, 0.3) is 21.6 Å². The Morgan fingerprint density at radius 1 is 1.38 bits per heavy atom. The smallest absolute Gasteiger partial charge is 0.292 e. The quantitative estimate of drug-likeness (QED) is 0.588. The van der Waals surface area contributed by atoms with Crippen molar-refractivity contribution in [2.24, 2.45) is 5.73 Å². The summed E-state index contributed by atoms with van der Waals surface area (Å²) in [5.74, 6) is -4.96. The van der Waals surface area contributed by atoms with Crippen molar-refractivity contribution in [1.82, 2.24) is 4.72 Å². The fourth-order valence-electron chi connectivity index (χ4n) is 1.25. The molecular weight excluding hydrogens is 339 g/mol. The molecule has 0 spiro atoms. The minimum Gasteiger partial charge on any atom is -0.325 e. The van der Waals surface area contributed by atoms with Crippen LogP contribution in [0.3, 0.4) is 0 Å². The van der Waals surface area contributed by atoms with E-state index >= 15 is 0 Å². The highest BCUT2D eigenvalue weighted by Gasteiger charge is 2.34. The molecule has 0 aliphatic heterocycles. The second-order valence-corrected chi connectivity index (χ2v) is 5.43. The first-order valence-corrected chi connectivity index (χ1v) is 6.59. The van der Waals surface area contributed by atoms with Gasteiger partial charge in [-0.05, 0) is 6.07 Å². The summed E-state index contributed by atoms with van der Waals surface area (Å²) in [6.45, 7) is -2.52. The van der Waals surface area contributed by atoms with E-state index in [4.69, 9.17) is 5.73 Å². The normalized spacial score (nSPS) is 11.8. The summed E-state index contributed by atoms with van der Waals surface area (Å²) in [5, 5.41) is 10.7. The predicted octanol–water partition coefficient (Wildman–Crippen LogP) is 1.03. The van der Waals surface area contributed by atoms with Crippen molar-refractivity contribution < 1.29 is 26.5 Å². The van der Waals surface area contributed by atoms with Crippen LogP contribution in [0.2, 0.25) is 0 Å². The minimum atomic E-state index is -4.81. The lowest BCUT2D eigenvalue weighted by molar-refractivity contribution is -0.388. The number of nitrogens with two attached hydrogens (primary N) is 1. The summed E-state index contributed by atoms with van der Waals surface area (Å²) in [6, 6.07) is 2.35. The van der Waals surface area contributed by atoms with Crippen molar-refractivity contribution in [1.29, 1.82) is 0 Å². The van der Waals surface area contributed by atoms with Gasteiger partial charge in [-0.2, -0.15) is 0 Å². The molecule has 0 heterocycles. The van der Waals surface area contributed by atoms with Gasteiger partial charge in [0.1, 0.15) is 5.82 Å². The first-order valence-electron chi connectivity index (χ1n) is 5.11. The number of hydrogen-bond donors (Lipinski definition) is 2. The van der Waals surface area contributed by atoms with Crippen LogP contribution in [0.5, 0.6) is 0 Å². The van der Waals surface area contributed by atoms with Gasteiger partial charge < -0.3 is 5.73 Å². The number of sulfonamides is 1. The molecule has 0 aliphatic carbocycles. The lowest BCUT2D eigenvalue weighted by Crippen LogP contribution is -2.41. The van der Waals surface area contributed by atoms with Crippen LogP contribution < -0.4 is 10.5 Å². The number of halogens is 4. The van der Waals surface area contributed by atoms with Gasteiger partial charge in [-0.15, -0.1) is 12.4 Å². The maximum Gasteiger partial charge on any atom is 0.292 e. The molecule has 0 saturated heterocycles. The largest absolute Gasteiger partial charge is 0.325 e. The van der Waals surface area contributed by atoms with Crippen LogP contribution in [-0.4, -0.2) is 32.4 Å². The topological polar surface area (TPSA) is 115 Å². The Labute approximate surface area is 123 Å². The lowest BCUT2D eigenvalue weighted by Gasteiger charge is -2.14. The molecule has 7 nitrogen and oxygen atoms in total. The molecule has 0 fully saturated rings. The Morgan fingerprint density at radius 3 is 2.43 bits per heavy atom. The molecule has 0 aromatic heterocycles. The van der Waals surface area contributed by atoms with Crippen molar-refractivity contribution in [3.05, 3.63) is 34.1 Å². The van der Waals surface area contributed by atoms with E-state index in [1.165, 1.54) is 4.72 Å². The number of nitro benzene ring substituents is 1. The van der Waals surface area contributed by atoms with Crippen LogP contribution in [0.1, 0.15) is 0 Å². The first kappa shape index (κ1) is 19.6. The van der Waals surface area contributed by atoms with Gasteiger partial charge in [0.2, 0.25) is 0 Å². The summed E-state index contributed by atoms with van der Waals surface area (Å²) in [7, 11) is -4.81. The Morgan fingerprint density at radius 2 is 1.95 bits per heavy atom. The Hall–Kier alpha value is -1.43. The van der Waals surface area contributed by atoms with E-state index < -0.39 is 50.4 Å². The summed E-state index contributed by atoms with van der Waals surface area (Å²) < 4.78 is 64.1. The summed E-state index contributed by atoms with van der Waals surface area (Å²) in [4.78, 5) is 8.24. The van der Waals surface area contributed by atoms with Crippen molar-refractivity contribution in [3.8, 4) is 0 Å². The molecule has 0 aliphatic rings. The number of hydrogen-bond acceptors (Lipinski definition) is 5. The Kier molecular flexibility index (Phi) is 6.54. The number of alkyl halides is 2. The van der Waals surface area contributed by atoms with Crippen LogP contribution in [0, 0.1) is 15.9 Å². The van der Waals surface area contributed by atoms with Gasteiger partial charge in [-0.1, -0.05) is 6.07 Å². The van der Waals surface area contributed by atoms with Gasteiger partial charge in [0.15, 0.2) is 4.90 Å². The van der Waals surface area contributed by atoms with Crippen molar-refractivity contribution in [3.63, 3.8) is 0 Å². The first-order chi connectivity index (χ1) is 9.10. The monoisotopic (exact) mass is 349 g/mol. The van der Waals surface area contributed by atoms with Crippen LogP contribution in [0.15, 0.2) is 23.1 Å². The second kappa shape index (κ2) is 7.02. The SMILES string of the molecule is Cl.NCC(F)(F)CNS(=O)(=O)c1c(F)cccc1[N+](=O)[O-]. The summed E-state index contributed by atoms with van der Waals surface area (Å²) in [5.41, 5.74) is 3.67. The van der Waals surface area contributed by atoms with E-state index in [-0.39, 0.29) is 12.4 Å². The van der Waals surface area contributed by atoms with Gasteiger partial charge in [0.05, 0.1) is 18.0 Å². The van der Waals surface area contributed by atoms with E-state index in [0.717, 1.165) is 12.1 Å². The predicted molar refractivity (Wildman–Crippen MR) is 69.5 cm³/mol. The number of rotatable bonds is 6. The molecule has 21 heavy (non-hydrogen) atoms. The molecule has 1 aromatic carbocycles. The lowest BCUT2D eigenvalue weighted by atomic mass is 10.3. The molecule has 0 atom stereocenters. The molecule has 120 valence electrons. The standard InChI is InChI=1S/C9H10F3N3O4S.ClH/c10-6-2-1-3-7(15(16)17)8(6)20(18,19)14-5-9(11,12)4-13;/h1-3,14H,4-5,13H2;1H. The van der Waals surface area contributed by atoms with Crippen LogP contribution >= 0.6 is 12.4 Å². The molecule has 0 amide bonds. The number of nitro groups is 1. The average Bonchev–Trinajstić information content (AvgIpc) is 2.36. The molecule has 1 aromatic rings. The third-order valence-electron chi connectivity index (χ3n) is 2.23. The molecule has 12 heteroatoms. The van der Waals surface area contributed by atoms with Gasteiger partial charge in [-0.3, -0.25) is 10.1 Å². The van der Waals surface area contributed by atoms with Gasteiger partial charge in [-0.25, -0.2) is 26.3 Å². The van der Waals surface area contributed by atoms with Crippen LogP contribution in [0.25, 0.3) is 0 Å². The van der Waals surface area contributed by atoms with Crippen molar-refractivity contribution >= 4 is 28.1 Å². The number of nitrogens with zero attached hydrogens (tertiary/aromatic N) is 1. The minimum absolute atomic E-state index is 0. The third kappa shape index (κ3) is 4.81. The highest BCUT2D eigenvalue weighted by atomic mass is 35.5. The van der Waals surface area contributed by atoms with E-state index in [1.54, 1.807) is 0 Å². The van der Waals surface area contributed by atoms with Gasteiger partial charge in [0, 0.05) is 6.07 Å². The van der Waals surface area contributed by atoms with Crippen LogP contribution in [-0.2, 0) is 10.0 Å². The fourth-order valence-corrected chi connectivity index (χ4v) is 2.54. The number of nitrogens with one attached hydrogen (secondary N) is 1. The third-order valence-corrected chi connectivity index (χ3v) is 3.70. The Balaban J connectivity index is 0.00000400. The molecule has 1 rings (SSSR count). The maximum absolute atomic E-state index is 13.5. The van der Waals surface area contributed by atoms with E-state index in [1.807, 2.05) is 0 Å². The molecule has 0 unspecified atom stereocenters. The van der Waals surface area contributed by atoms with Crippen LogP contribution in [0.4, 0.5) is 18.9 Å². The fraction of sp³-hybridized carbons (Fsp3) is 0.333. The zero-order valence-corrected chi connectivity index (χ0v) is 11.9. The molecule has 0 saturated carbocycles. The summed E-state index contributed by atoms with van der Waals surface area (Å²) >= 11 is 0. The zero-order chi connectivity index (χ0) is 15.6. The van der Waals surface area contributed by atoms with E-state index in [9.17, 15) is 31.7 Å².